The molecule has 2 heterocycles. The van der Waals surface area contributed by atoms with E-state index in [-0.39, 0.29) is 6.47 Å². The minimum Gasteiger partial charge on any atom is -0.493 e. The number of ether oxygens (including phenoxy) is 2. The number of fused-ring (bicyclic) bond motifs is 2. The number of benzene rings is 1. The van der Waals surface area contributed by atoms with E-state index in [0.717, 1.165) is 62.0 Å². The van der Waals surface area contributed by atoms with E-state index in [4.69, 9.17) is 24.4 Å². The lowest BCUT2D eigenvalue weighted by Gasteiger charge is -2.18. The number of likely N-dealkylation sites (tertiary alicyclic amines) is 1. The van der Waals surface area contributed by atoms with E-state index in [1.807, 2.05) is 0 Å². The van der Waals surface area contributed by atoms with Crippen molar-refractivity contribution in [3.05, 3.63) is 23.4 Å². The molecular formula is C24H33N3O4. The predicted octanol–water partition coefficient (Wildman–Crippen LogP) is 3.59. The highest BCUT2D eigenvalue weighted by atomic mass is 16.5. The Balaban J connectivity index is 0.000000730. The molecule has 0 bridgehead atoms. The number of aryl methyl sites for hydroxylation is 1. The Hall–Kier alpha value is -2.54. The Morgan fingerprint density at radius 3 is 2.71 bits per heavy atom. The quantitative estimate of drug-likeness (QED) is 0.654. The fourth-order valence-electron chi connectivity index (χ4n) is 4.68. The third-order valence-corrected chi connectivity index (χ3v) is 6.53. The molecule has 0 spiro atoms. The van der Waals surface area contributed by atoms with Crippen LogP contribution in [0.1, 0.15) is 36.9 Å². The van der Waals surface area contributed by atoms with Gasteiger partial charge in [0.1, 0.15) is 0 Å². The van der Waals surface area contributed by atoms with E-state index in [1.54, 1.807) is 7.11 Å². The van der Waals surface area contributed by atoms with E-state index < -0.39 is 0 Å². The zero-order valence-electron chi connectivity index (χ0n) is 18.5. The van der Waals surface area contributed by atoms with Gasteiger partial charge in [-0.25, -0.2) is 0 Å². The van der Waals surface area contributed by atoms with Gasteiger partial charge < -0.3 is 24.8 Å². The number of pyridine rings is 1. The molecule has 7 heteroatoms. The summed E-state index contributed by atoms with van der Waals surface area (Å²) in [5.74, 6) is 3.07. The fourth-order valence-corrected chi connectivity index (χ4v) is 4.68. The van der Waals surface area contributed by atoms with E-state index in [2.05, 4.69) is 29.4 Å². The van der Waals surface area contributed by atoms with Crippen LogP contribution < -0.4 is 14.8 Å². The van der Waals surface area contributed by atoms with E-state index in [9.17, 15) is 0 Å². The average Bonchev–Trinajstić information content (AvgIpc) is 3.31. The van der Waals surface area contributed by atoms with Gasteiger partial charge >= 0.3 is 0 Å². The zero-order valence-corrected chi connectivity index (χ0v) is 18.5. The summed E-state index contributed by atoms with van der Waals surface area (Å²) in [4.78, 5) is 15.7. The van der Waals surface area contributed by atoms with Crippen molar-refractivity contribution in [2.24, 2.45) is 11.8 Å². The second-order valence-corrected chi connectivity index (χ2v) is 8.94. The molecule has 1 atom stereocenters. The van der Waals surface area contributed by atoms with Crippen molar-refractivity contribution < 1.29 is 19.4 Å². The third kappa shape index (κ3) is 5.03. The number of anilines is 1. The molecule has 1 aliphatic heterocycles. The molecule has 168 valence electrons. The number of nitrogens with zero attached hydrogens (tertiary/aromatic N) is 2. The first kappa shape index (κ1) is 21.7. The number of carbonyl (C=O) groups is 1. The maximum atomic E-state index is 8.36. The van der Waals surface area contributed by atoms with Gasteiger partial charge in [0.05, 0.1) is 19.2 Å². The second-order valence-electron chi connectivity index (χ2n) is 8.94. The number of carboxylic acid groups (broad SMARTS) is 1. The number of aromatic nitrogens is 1. The molecule has 1 aromatic heterocycles. The number of rotatable bonds is 7. The molecule has 2 fully saturated rings. The molecule has 31 heavy (non-hydrogen) atoms. The summed E-state index contributed by atoms with van der Waals surface area (Å²) in [5.41, 5.74) is 4.99. The van der Waals surface area contributed by atoms with Gasteiger partial charge in [0.25, 0.3) is 6.47 Å². The van der Waals surface area contributed by atoms with Crippen LogP contribution in [0.15, 0.2) is 12.1 Å². The highest BCUT2D eigenvalue weighted by molar-refractivity contribution is 5.96. The Morgan fingerprint density at radius 1 is 1.23 bits per heavy atom. The number of methoxy groups -OCH3 is 1. The van der Waals surface area contributed by atoms with Crippen molar-refractivity contribution in [3.63, 3.8) is 0 Å². The fraction of sp³-hybridized carbons (Fsp3) is 0.583. The third-order valence-electron chi connectivity index (χ3n) is 6.53. The van der Waals surface area contributed by atoms with Crippen LogP contribution in [0.2, 0.25) is 0 Å². The minimum absolute atomic E-state index is 0.250. The van der Waals surface area contributed by atoms with Crippen molar-refractivity contribution in [2.75, 3.05) is 45.7 Å². The second kappa shape index (κ2) is 9.73. The maximum absolute atomic E-state index is 8.36. The molecule has 1 aromatic carbocycles. The van der Waals surface area contributed by atoms with Crippen LogP contribution in [0.5, 0.6) is 11.5 Å². The molecule has 1 saturated carbocycles. The maximum Gasteiger partial charge on any atom is 0.290 e. The molecule has 1 unspecified atom stereocenters. The summed E-state index contributed by atoms with van der Waals surface area (Å²) >= 11 is 0. The molecule has 3 aliphatic rings. The molecule has 2 aliphatic carbocycles. The summed E-state index contributed by atoms with van der Waals surface area (Å²) in [5, 5.41) is 11.8. The van der Waals surface area contributed by atoms with Gasteiger partial charge in [0.2, 0.25) is 0 Å². The van der Waals surface area contributed by atoms with Crippen LogP contribution in [-0.2, 0) is 17.6 Å². The van der Waals surface area contributed by atoms with Crippen LogP contribution in [0.3, 0.4) is 0 Å². The van der Waals surface area contributed by atoms with Crippen LogP contribution in [-0.4, -0.2) is 61.9 Å². The van der Waals surface area contributed by atoms with Gasteiger partial charge in [-0.05, 0) is 69.7 Å². The molecular weight excluding hydrogens is 394 g/mol. The molecule has 1 saturated heterocycles. The van der Waals surface area contributed by atoms with E-state index in [1.165, 1.54) is 48.0 Å². The summed E-state index contributed by atoms with van der Waals surface area (Å²) in [6, 6.07) is 4.22. The Kier molecular flexibility index (Phi) is 6.80. The standard InChI is InChI=1S/C23H31N3O2.CH2O2/c1-26-9-8-16(13-26)14-28-22-11-20-18(10-21(22)27-2)23(24-12-15-6-7-15)17-4-3-5-19(17)25-20;2-1-3/h10-11,15-16H,3-9,12-14H2,1-2H3,(H,24,25);1H,(H,2,3). The van der Waals surface area contributed by atoms with Gasteiger partial charge in [0, 0.05) is 41.8 Å². The summed E-state index contributed by atoms with van der Waals surface area (Å²) < 4.78 is 11.9. The zero-order chi connectivity index (χ0) is 21.8. The van der Waals surface area contributed by atoms with Crippen molar-refractivity contribution in [3.8, 4) is 11.5 Å². The van der Waals surface area contributed by atoms with Gasteiger partial charge in [0.15, 0.2) is 11.5 Å². The smallest absolute Gasteiger partial charge is 0.290 e. The van der Waals surface area contributed by atoms with Gasteiger partial charge in [-0.1, -0.05) is 0 Å². The van der Waals surface area contributed by atoms with Crippen LogP contribution >= 0.6 is 0 Å². The highest BCUT2D eigenvalue weighted by Crippen LogP contribution is 2.40. The molecule has 0 radical (unpaired) electrons. The summed E-state index contributed by atoms with van der Waals surface area (Å²) in [7, 11) is 3.91. The number of hydrogen-bond donors (Lipinski definition) is 2. The lowest BCUT2D eigenvalue weighted by molar-refractivity contribution is -0.122. The van der Waals surface area contributed by atoms with Crippen molar-refractivity contribution in [1.29, 1.82) is 0 Å². The normalized spacial score (nSPS) is 20.1. The first-order chi connectivity index (χ1) is 15.1. The minimum atomic E-state index is -0.250. The SMILES string of the molecule is COc1cc2c(NCC3CC3)c3c(nc2cc1OCC1CCN(C)C1)CCC3.O=CO. The Bertz CT molecular complexity index is 929. The molecule has 7 nitrogen and oxygen atoms in total. The monoisotopic (exact) mass is 427 g/mol. The van der Waals surface area contributed by atoms with Crippen LogP contribution in [0.25, 0.3) is 10.9 Å². The first-order valence-electron chi connectivity index (χ1n) is 11.3. The number of nitrogens with one attached hydrogen (secondary N) is 1. The van der Waals surface area contributed by atoms with Crippen molar-refractivity contribution in [2.45, 2.75) is 38.5 Å². The van der Waals surface area contributed by atoms with E-state index >= 15 is 0 Å². The molecule has 2 N–H and O–H groups in total. The van der Waals surface area contributed by atoms with Crippen molar-refractivity contribution >= 4 is 23.1 Å². The van der Waals surface area contributed by atoms with Crippen molar-refractivity contribution in [1.82, 2.24) is 9.88 Å². The largest absolute Gasteiger partial charge is 0.493 e. The van der Waals surface area contributed by atoms with Crippen LogP contribution in [0.4, 0.5) is 5.69 Å². The molecule has 0 amide bonds. The lowest BCUT2D eigenvalue weighted by Crippen LogP contribution is -2.18. The molecule has 5 rings (SSSR count). The van der Waals surface area contributed by atoms with Gasteiger partial charge in [-0.2, -0.15) is 0 Å². The predicted molar refractivity (Wildman–Crippen MR) is 121 cm³/mol. The first-order valence-corrected chi connectivity index (χ1v) is 11.3. The highest BCUT2D eigenvalue weighted by Gasteiger charge is 2.25. The van der Waals surface area contributed by atoms with Crippen LogP contribution in [0, 0.1) is 11.8 Å². The van der Waals surface area contributed by atoms with Gasteiger partial charge in [-0.15, -0.1) is 0 Å². The summed E-state index contributed by atoms with van der Waals surface area (Å²) in [6.07, 6.45) is 7.33. The average molecular weight is 428 g/mol. The number of hydrogen-bond acceptors (Lipinski definition) is 6. The van der Waals surface area contributed by atoms with E-state index in [0.29, 0.717) is 5.92 Å². The topological polar surface area (TPSA) is 83.9 Å². The van der Waals surface area contributed by atoms with Gasteiger partial charge in [-0.3, -0.25) is 9.78 Å². The molecule has 2 aromatic rings. The Morgan fingerprint density at radius 2 is 2.03 bits per heavy atom. The Labute approximate surface area is 183 Å². The lowest BCUT2D eigenvalue weighted by atomic mass is 10.1. The summed E-state index contributed by atoms with van der Waals surface area (Å²) in [6.45, 7) is 3.83.